The third kappa shape index (κ3) is 3.64. The number of rotatable bonds is 6. The molecule has 0 fully saturated rings. The van der Waals surface area contributed by atoms with Crippen molar-refractivity contribution in [2.45, 2.75) is 6.54 Å². The smallest absolute Gasteiger partial charge is 0.345 e. The Morgan fingerprint density at radius 2 is 1.88 bits per heavy atom. The Morgan fingerprint density at radius 3 is 2.64 bits per heavy atom. The molecule has 2 aromatic carbocycles. The summed E-state index contributed by atoms with van der Waals surface area (Å²) in [5.74, 6) is 0.671. The third-order valence-electron chi connectivity index (χ3n) is 3.45. The zero-order valence-electron chi connectivity index (χ0n) is 13.1. The number of tetrazole rings is 1. The average Bonchev–Trinajstić information content (AvgIpc) is 3.34. The molecule has 4 rings (SSSR count). The number of ether oxygens (including phenoxy) is 1. The number of thiazole rings is 1. The second-order valence-corrected chi connectivity index (χ2v) is 6.04. The van der Waals surface area contributed by atoms with Crippen LogP contribution in [0.3, 0.4) is 0 Å². The Bertz CT molecular complexity index is 921. The molecular formula is C17H14N6OS. The number of aromatic nitrogens is 5. The van der Waals surface area contributed by atoms with Crippen LogP contribution < -0.4 is 10.1 Å². The predicted molar refractivity (Wildman–Crippen MR) is 95.1 cm³/mol. The minimum absolute atomic E-state index is 0.319. The van der Waals surface area contributed by atoms with E-state index in [9.17, 15) is 0 Å². The molecule has 0 amide bonds. The van der Waals surface area contributed by atoms with Crippen LogP contribution in [0.2, 0.25) is 0 Å². The van der Waals surface area contributed by atoms with Crippen LogP contribution in [0.4, 0.5) is 5.13 Å². The van der Waals surface area contributed by atoms with Crippen molar-refractivity contribution < 1.29 is 4.74 Å². The molecule has 2 heterocycles. The van der Waals surface area contributed by atoms with E-state index in [1.54, 1.807) is 22.2 Å². The van der Waals surface area contributed by atoms with Gasteiger partial charge in [0.2, 0.25) is 0 Å². The maximum Gasteiger partial charge on any atom is 0.345 e. The van der Waals surface area contributed by atoms with Gasteiger partial charge < -0.3 is 10.1 Å². The second-order valence-electron chi connectivity index (χ2n) is 5.15. The highest BCUT2D eigenvalue weighted by molar-refractivity contribution is 7.13. The molecule has 0 spiro atoms. The summed E-state index contributed by atoms with van der Waals surface area (Å²) >= 11 is 1.58. The maximum absolute atomic E-state index is 5.81. The lowest BCUT2D eigenvalue weighted by Gasteiger charge is -2.07. The van der Waals surface area contributed by atoms with Gasteiger partial charge in [-0.05, 0) is 40.3 Å². The molecule has 25 heavy (non-hydrogen) atoms. The van der Waals surface area contributed by atoms with Crippen LogP contribution in [0, 0.1) is 0 Å². The fourth-order valence-corrected chi connectivity index (χ4v) is 2.77. The second kappa shape index (κ2) is 7.10. The zero-order chi connectivity index (χ0) is 16.9. The molecule has 0 radical (unpaired) electrons. The largest absolute Gasteiger partial charge is 0.423 e. The van der Waals surface area contributed by atoms with Crippen molar-refractivity contribution in [3.8, 4) is 17.4 Å². The number of benzene rings is 2. The van der Waals surface area contributed by atoms with Crippen LogP contribution >= 0.6 is 11.3 Å². The molecule has 0 unspecified atom stereocenters. The van der Waals surface area contributed by atoms with E-state index in [1.807, 2.05) is 60.0 Å². The molecule has 124 valence electrons. The van der Waals surface area contributed by atoms with Crippen LogP contribution in [0.15, 0.2) is 66.2 Å². The van der Waals surface area contributed by atoms with Gasteiger partial charge in [-0.25, -0.2) is 4.98 Å². The van der Waals surface area contributed by atoms with Crippen molar-refractivity contribution in [2.24, 2.45) is 0 Å². The molecule has 4 aromatic rings. The van der Waals surface area contributed by atoms with Gasteiger partial charge in [0.1, 0.15) is 5.75 Å². The minimum Gasteiger partial charge on any atom is -0.423 e. The van der Waals surface area contributed by atoms with Crippen molar-refractivity contribution in [3.05, 3.63) is 71.7 Å². The van der Waals surface area contributed by atoms with E-state index in [2.05, 4.69) is 25.8 Å². The van der Waals surface area contributed by atoms with Gasteiger partial charge in [-0.1, -0.05) is 35.4 Å². The maximum atomic E-state index is 5.81. The van der Waals surface area contributed by atoms with Gasteiger partial charge >= 0.3 is 6.01 Å². The Kier molecular flexibility index (Phi) is 4.34. The molecule has 0 aliphatic heterocycles. The number of hydrogen-bond acceptors (Lipinski definition) is 7. The summed E-state index contributed by atoms with van der Waals surface area (Å²) in [6, 6.07) is 17.7. The van der Waals surface area contributed by atoms with E-state index < -0.39 is 0 Å². The Labute approximate surface area is 147 Å². The highest BCUT2D eigenvalue weighted by Gasteiger charge is 2.10. The van der Waals surface area contributed by atoms with Crippen LogP contribution in [-0.4, -0.2) is 25.2 Å². The van der Waals surface area contributed by atoms with Gasteiger partial charge in [0, 0.05) is 18.1 Å². The Morgan fingerprint density at radius 1 is 1.04 bits per heavy atom. The summed E-state index contributed by atoms with van der Waals surface area (Å²) in [5.41, 5.74) is 1.97. The topological polar surface area (TPSA) is 77.8 Å². The van der Waals surface area contributed by atoms with Gasteiger partial charge in [0.15, 0.2) is 5.13 Å². The number of anilines is 1. The zero-order valence-corrected chi connectivity index (χ0v) is 13.9. The van der Waals surface area contributed by atoms with Crippen LogP contribution in [0.1, 0.15) is 5.56 Å². The molecule has 0 saturated heterocycles. The molecule has 0 aliphatic rings. The summed E-state index contributed by atoms with van der Waals surface area (Å²) in [6.45, 7) is 0.704. The van der Waals surface area contributed by atoms with Crippen molar-refractivity contribution in [2.75, 3.05) is 5.32 Å². The molecule has 7 nitrogen and oxygen atoms in total. The lowest BCUT2D eigenvalue weighted by molar-refractivity contribution is 0.427. The van der Waals surface area contributed by atoms with Crippen molar-refractivity contribution in [1.82, 2.24) is 25.2 Å². The number of nitrogens with one attached hydrogen (secondary N) is 1. The van der Waals surface area contributed by atoms with Crippen molar-refractivity contribution in [1.29, 1.82) is 0 Å². The highest BCUT2D eigenvalue weighted by atomic mass is 32.1. The standard InChI is InChI=1S/C17H14N6OS/c1-2-4-14(5-3-1)23-17(20-21-22-23)24-15-8-6-13(7-9-15)12-19-16-18-10-11-25-16/h1-11H,12H2,(H,18,19). The first-order chi connectivity index (χ1) is 12.4. The summed E-state index contributed by atoms with van der Waals surface area (Å²) in [6.07, 6.45) is 1.78. The van der Waals surface area contributed by atoms with Crippen LogP contribution in [-0.2, 0) is 6.54 Å². The lowest BCUT2D eigenvalue weighted by atomic mass is 10.2. The van der Waals surface area contributed by atoms with E-state index in [-0.39, 0.29) is 0 Å². The first-order valence-corrected chi connectivity index (χ1v) is 8.50. The molecule has 0 atom stereocenters. The van der Waals surface area contributed by atoms with E-state index >= 15 is 0 Å². The molecular weight excluding hydrogens is 336 g/mol. The average molecular weight is 350 g/mol. The molecule has 0 saturated carbocycles. The first kappa shape index (κ1) is 15.3. The number of para-hydroxylation sites is 1. The van der Waals surface area contributed by atoms with Gasteiger partial charge in [0.05, 0.1) is 5.69 Å². The fourth-order valence-electron chi connectivity index (χ4n) is 2.24. The Balaban J connectivity index is 1.44. The third-order valence-corrected chi connectivity index (χ3v) is 4.18. The molecule has 0 bridgehead atoms. The van der Waals surface area contributed by atoms with E-state index in [0.717, 1.165) is 16.4 Å². The van der Waals surface area contributed by atoms with Crippen molar-refractivity contribution >= 4 is 16.5 Å². The normalized spacial score (nSPS) is 10.6. The van der Waals surface area contributed by atoms with Gasteiger partial charge in [-0.3, -0.25) is 0 Å². The van der Waals surface area contributed by atoms with Gasteiger partial charge in [-0.2, -0.15) is 4.68 Å². The van der Waals surface area contributed by atoms with Gasteiger partial charge in [-0.15, -0.1) is 11.3 Å². The van der Waals surface area contributed by atoms with Gasteiger partial charge in [0.25, 0.3) is 0 Å². The number of hydrogen-bond donors (Lipinski definition) is 1. The monoisotopic (exact) mass is 350 g/mol. The fraction of sp³-hybridized carbons (Fsp3) is 0.0588. The SMILES string of the molecule is c1ccc(-n2nnnc2Oc2ccc(CNc3nccs3)cc2)cc1. The lowest BCUT2D eigenvalue weighted by Crippen LogP contribution is -2.01. The summed E-state index contributed by atoms with van der Waals surface area (Å²) in [4.78, 5) is 4.20. The van der Waals surface area contributed by atoms with E-state index in [0.29, 0.717) is 18.3 Å². The van der Waals surface area contributed by atoms with Crippen LogP contribution in [0.25, 0.3) is 5.69 Å². The predicted octanol–water partition coefficient (Wildman–Crippen LogP) is 3.52. The first-order valence-electron chi connectivity index (χ1n) is 7.62. The van der Waals surface area contributed by atoms with Crippen LogP contribution in [0.5, 0.6) is 11.8 Å². The molecule has 1 N–H and O–H groups in total. The molecule has 8 heteroatoms. The summed E-state index contributed by atoms with van der Waals surface area (Å²) < 4.78 is 7.36. The quantitative estimate of drug-likeness (QED) is 0.573. The Hall–Kier alpha value is -3.26. The summed E-state index contributed by atoms with van der Waals surface area (Å²) in [5, 5.41) is 17.7. The highest BCUT2D eigenvalue weighted by Crippen LogP contribution is 2.22. The summed E-state index contributed by atoms with van der Waals surface area (Å²) in [7, 11) is 0. The molecule has 0 aliphatic carbocycles. The number of nitrogens with zero attached hydrogens (tertiary/aromatic N) is 5. The van der Waals surface area contributed by atoms with E-state index in [1.165, 1.54) is 0 Å². The molecule has 2 aromatic heterocycles. The van der Waals surface area contributed by atoms with E-state index in [4.69, 9.17) is 4.74 Å². The van der Waals surface area contributed by atoms with Crippen molar-refractivity contribution in [3.63, 3.8) is 0 Å². The minimum atomic E-state index is 0.319.